The van der Waals surface area contributed by atoms with Gasteiger partial charge in [0.15, 0.2) is 0 Å². The SMILES string of the molecule is CCN(CC)c1nc(NC)nc(NCc2ccc(C)o2)n1. The van der Waals surface area contributed by atoms with Gasteiger partial charge < -0.3 is 20.0 Å². The van der Waals surface area contributed by atoms with Crippen LogP contribution in [0.1, 0.15) is 25.4 Å². The van der Waals surface area contributed by atoms with Gasteiger partial charge in [-0.05, 0) is 32.9 Å². The maximum atomic E-state index is 5.52. The van der Waals surface area contributed by atoms with Crippen molar-refractivity contribution >= 4 is 17.8 Å². The number of nitrogens with zero attached hydrogens (tertiary/aromatic N) is 4. The Kier molecular flexibility index (Phi) is 4.97. The van der Waals surface area contributed by atoms with E-state index < -0.39 is 0 Å². The summed E-state index contributed by atoms with van der Waals surface area (Å²) in [7, 11) is 1.79. The summed E-state index contributed by atoms with van der Waals surface area (Å²) >= 11 is 0. The molecule has 0 radical (unpaired) electrons. The van der Waals surface area contributed by atoms with E-state index >= 15 is 0 Å². The Morgan fingerprint density at radius 2 is 1.81 bits per heavy atom. The van der Waals surface area contributed by atoms with Crippen molar-refractivity contribution < 1.29 is 4.42 Å². The predicted molar refractivity (Wildman–Crippen MR) is 83.7 cm³/mol. The second-order valence-electron chi connectivity index (χ2n) is 4.57. The highest BCUT2D eigenvalue weighted by Crippen LogP contribution is 2.14. The van der Waals surface area contributed by atoms with Crippen LogP contribution in [0.15, 0.2) is 16.5 Å². The molecule has 2 heterocycles. The van der Waals surface area contributed by atoms with Crippen molar-refractivity contribution in [3.63, 3.8) is 0 Å². The number of furan rings is 1. The molecule has 2 N–H and O–H groups in total. The monoisotopic (exact) mass is 290 g/mol. The normalized spacial score (nSPS) is 10.5. The fraction of sp³-hybridized carbons (Fsp3) is 0.500. The molecule has 7 nitrogen and oxygen atoms in total. The molecule has 0 fully saturated rings. The van der Waals surface area contributed by atoms with Gasteiger partial charge >= 0.3 is 0 Å². The second-order valence-corrected chi connectivity index (χ2v) is 4.57. The number of rotatable bonds is 7. The molecule has 0 aliphatic rings. The molecule has 0 aliphatic carbocycles. The molecule has 0 saturated heterocycles. The third-order valence-corrected chi connectivity index (χ3v) is 3.11. The lowest BCUT2D eigenvalue weighted by Gasteiger charge is -2.19. The minimum atomic E-state index is 0.533. The van der Waals surface area contributed by atoms with Crippen molar-refractivity contribution in [1.82, 2.24) is 15.0 Å². The Bertz CT molecular complexity index is 579. The third kappa shape index (κ3) is 3.84. The zero-order chi connectivity index (χ0) is 15.2. The van der Waals surface area contributed by atoms with Crippen molar-refractivity contribution in [2.75, 3.05) is 35.7 Å². The number of hydrogen-bond donors (Lipinski definition) is 2. The van der Waals surface area contributed by atoms with Gasteiger partial charge in [0.2, 0.25) is 17.8 Å². The van der Waals surface area contributed by atoms with Crippen LogP contribution in [0, 0.1) is 6.92 Å². The van der Waals surface area contributed by atoms with Crippen molar-refractivity contribution in [2.24, 2.45) is 0 Å². The standard InChI is InChI=1S/C14H22N6O/c1-5-20(6-2)14-18-12(15-4)17-13(19-14)16-9-11-8-7-10(3)21-11/h7-8H,5-6,9H2,1-4H3,(H2,15,16,17,18,19). The average Bonchev–Trinajstić information content (AvgIpc) is 2.92. The van der Waals surface area contributed by atoms with Crippen molar-refractivity contribution in [1.29, 1.82) is 0 Å². The van der Waals surface area contributed by atoms with Crippen LogP contribution in [-0.4, -0.2) is 35.1 Å². The number of aromatic nitrogens is 3. The quantitative estimate of drug-likeness (QED) is 0.809. The molecule has 114 valence electrons. The summed E-state index contributed by atoms with van der Waals surface area (Å²) < 4.78 is 5.52. The molecule has 7 heteroatoms. The van der Waals surface area contributed by atoms with E-state index in [0.717, 1.165) is 24.6 Å². The Morgan fingerprint density at radius 1 is 1.10 bits per heavy atom. The van der Waals surface area contributed by atoms with Gasteiger partial charge in [0.1, 0.15) is 11.5 Å². The van der Waals surface area contributed by atoms with Gasteiger partial charge in [-0.1, -0.05) is 0 Å². The Hall–Kier alpha value is -2.31. The van der Waals surface area contributed by atoms with Crippen LogP contribution < -0.4 is 15.5 Å². The molecule has 0 aliphatic heterocycles. The minimum absolute atomic E-state index is 0.533. The lowest BCUT2D eigenvalue weighted by molar-refractivity contribution is 0.490. The molecule has 0 spiro atoms. The summed E-state index contributed by atoms with van der Waals surface area (Å²) in [6, 6.07) is 3.87. The van der Waals surface area contributed by atoms with Crippen molar-refractivity contribution in [3.05, 3.63) is 23.7 Å². The summed E-state index contributed by atoms with van der Waals surface area (Å²) in [4.78, 5) is 15.2. The van der Waals surface area contributed by atoms with E-state index in [0.29, 0.717) is 24.4 Å². The van der Waals surface area contributed by atoms with E-state index in [9.17, 15) is 0 Å². The fourth-order valence-corrected chi connectivity index (χ4v) is 1.95. The van der Waals surface area contributed by atoms with Crippen molar-refractivity contribution in [2.45, 2.75) is 27.3 Å². The molecule has 21 heavy (non-hydrogen) atoms. The molecule has 0 amide bonds. The first-order chi connectivity index (χ1) is 10.2. The average molecular weight is 290 g/mol. The van der Waals surface area contributed by atoms with Gasteiger partial charge in [-0.2, -0.15) is 15.0 Å². The molecular weight excluding hydrogens is 268 g/mol. The van der Waals surface area contributed by atoms with Gasteiger partial charge in [-0.15, -0.1) is 0 Å². The number of hydrogen-bond acceptors (Lipinski definition) is 7. The van der Waals surface area contributed by atoms with Gasteiger partial charge in [0.25, 0.3) is 0 Å². The molecule has 0 saturated carbocycles. The summed E-state index contributed by atoms with van der Waals surface area (Å²) in [5.74, 6) is 3.48. The lowest BCUT2D eigenvalue weighted by atomic mass is 10.4. The van der Waals surface area contributed by atoms with E-state index in [1.54, 1.807) is 7.05 Å². The second kappa shape index (κ2) is 6.92. The Balaban J connectivity index is 2.16. The van der Waals surface area contributed by atoms with Crippen LogP contribution >= 0.6 is 0 Å². The molecular formula is C14H22N6O. The maximum Gasteiger partial charge on any atom is 0.231 e. The van der Waals surface area contributed by atoms with Crippen LogP contribution in [0.25, 0.3) is 0 Å². The predicted octanol–water partition coefficient (Wildman–Crippen LogP) is 2.27. The molecule has 0 atom stereocenters. The minimum Gasteiger partial charge on any atom is -0.465 e. The van der Waals surface area contributed by atoms with Gasteiger partial charge in [-0.3, -0.25) is 0 Å². The lowest BCUT2D eigenvalue weighted by Crippen LogP contribution is -2.25. The van der Waals surface area contributed by atoms with Crippen LogP contribution in [0.4, 0.5) is 17.8 Å². The maximum absolute atomic E-state index is 5.52. The van der Waals surface area contributed by atoms with Gasteiger partial charge in [0, 0.05) is 20.1 Å². The van der Waals surface area contributed by atoms with Crippen LogP contribution in [0.2, 0.25) is 0 Å². The number of aryl methyl sites for hydroxylation is 1. The van der Waals surface area contributed by atoms with Crippen LogP contribution in [0.3, 0.4) is 0 Å². The summed E-state index contributed by atoms with van der Waals surface area (Å²) in [6.45, 7) is 8.31. The fourth-order valence-electron chi connectivity index (χ4n) is 1.95. The van der Waals surface area contributed by atoms with E-state index in [2.05, 4.69) is 44.3 Å². The third-order valence-electron chi connectivity index (χ3n) is 3.11. The first-order valence-corrected chi connectivity index (χ1v) is 7.14. The summed E-state index contributed by atoms with van der Waals surface area (Å²) in [6.07, 6.45) is 0. The first-order valence-electron chi connectivity index (χ1n) is 7.14. The molecule has 2 aromatic rings. The van der Waals surface area contributed by atoms with E-state index in [1.165, 1.54) is 0 Å². The number of nitrogens with one attached hydrogen (secondary N) is 2. The Labute approximate surface area is 124 Å². The molecule has 0 unspecified atom stereocenters. The van der Waals surface area contributed by atoms with Crippen LogP contribution in [-0.2, 0) is 6.54 Å². The molecule has 0 bridgehead atoms. The zero-order valence-corrected chi connectivity index (χ0v) is 13.0. The van der Waals surface area contributed by atoms with Gasteiger partial charge in [-0.25, -0.2) is 0 Å². The zero-order valence-electron chi connectivity index (χ0n) is 13.0. The Morgan fingerprint density at radius 3 is 2.38 bits per heavy atom. The highest BCUT2D eigenvalue weighted by atomic mass is 16.3. The highest BCUT2D eigenvalue weighted by Gasteiger charge is 2.10. The summed E-state index contributed by atoms with van der Waals surface area (Å²) in [5, 5.41) is 6.13. The van der Waals surface area contributed by atoms with Crippen molar-refractivity contribution in [3.8, 4) is 0 Å². The smallest absolute Gasteiger partial charge is 0.231 e. The largest absolute Gasteiger partial charge is 0.465 e. The van der Waals surface area contributed by atoms with E-state index in [1.807, 2.05) is 19.1 Å². The summed E-state index contributed by atoms with van der Waals surface area (Å²) in [5.41, 5.74) is 0. The molecule has 2 rings (SSSR count). The molecule has 2 aromatic heterocycles. The van der Waals surface area contributed by atoms with Crippen LogP contribution in [0.5, 0.6) is 0 Å². The first kappa shape index (κ1) is 15.1. The van der Waals surface area contributed by atoms with E-state index in [4.69, 9.17) is 4.42 Å². The van der Waals surface area contributed by atoms with Gasteiger partial charge in [0.05, 0.1) is 6.54 Å². The topological polar surface area (TPSA) is 79.1 Å². The highest BCUT2D eigenvalue weighted by molar-refractivity contribution is 5.43. The molecule has 0 aromatic carbocycles. The number of anilines is 3. The van der Waals surface area contributed by atoms with E-state index in [-0.39, 0.29) is 0 Å².